The molecule has 0 N–H and O–H groups in total. The van der Waals surface area contributed by atoms with Crippen LogP contribution in [-0.4, -0.2) is 67.8 Å². The number of nitriles is 1. The molecule has 0 bridgehead atoms. The zero-order chi connectivity index (χ0) is 23.9. The van der Waals surface area contributed by atoms with Crippen LogP contribution in [0, 0.1) is 16.7 Å². The second-order valence-electron chi connectivity index (χ2n) is 9.98. The second-order valence-corrected chi connectivity index (χ2v) is 10.4. The molecule has 2 aromatic heterocycles. The van der Waals surface area contributed by atoms with Crippen molar-refractivity contribution in [2.24, 2.45) is 5.41 Å². The van der Waals surface area contributed by atoms with E-state index in [0.717, 1.165) is 43.4 Å². The second kappa shape index (κ2) is 7.08. The molecule has 0 radical (unpaired) electrons. The first-order valence-corrected chi connectivity index (χ1v) is 11.8. The Morgan fingerprint density at radius 2 is 1.83 bits per heavy atom. The van der Waals surface area contributed by atoms with Gasteiger partial charge in [0.15, 0.2) is 5.82 Å². The highest BCUT2D eigenvalue weighted by Gasteiger charge is 2.60. The summed E-state index contributed by atoms with van der Waals surface area (Å²) >= 11 is 6.27. The normalized spacial score (nSPS) is 23.5. The Balaban J connectivity index is 1.14. The van der Waals surface area contributed by atoms with E-state index in [0.29, 0.717) is 35.6 Å². The zero-order valence-electron chi connectivity index (χ0n) is 18.6. The van der Waals surface area contributed by atoms with Gasteiger partial charge in [-0.05, 0) is 29.8 Å². The van der Waals surface area contributed by atoms with Gasteiger partial charge < -0.3 is 9.80 Å². The van der Waals surface area contributed by atoms with E-state index >= 15 is 0 Å². The van der Waals surface area contributed by atoms with E-state index in [1.54, 1.807) is 17.2 Å². The van der Waals surface area contributed by atoms with Gasteiger partial charge in [0.2, 0.25) is 11.9 Å². The largest absolute Gasteiger partial charge is 0.339 e. The number of halogens is 3. The van der Waals surface area contributed by atoms with Crippen molar-refractivity contribution in [1.29, 1.82) is 5.26 Å². The van der Waals surface area contributed by atoms with Gasteiger partial charge >= 0.3 is 0 Å². The summed E-state index contributed by atoms with van der Waals surface area (Å²) in [6.07, 6.45) is 1.48. The monoisotopic (exact) mass is 495 g/mol. The molecular formula is C23H20ClF2N9. The van der Waals surface area contributed by atoms with E-state index in [1.807, 2.05) is 22.8 Å². The third kappa shape index (κ3) is 3.27. The molecule has 1 unspecified atom stereocenters. The maximum atomic E-state index is 13.9. The number of hydrogen-bond acceptors (Lipinski definition) is 8. The highest BCUT2D eigenvalue weighted by atomic mass is 35.5. The first-order valence-electron chi connectivity index (χ1n) is 11.4. The lowest BCUT2D eigenvalue weighted by Crippen LogP contribution is -2.73. The van der Waals surface area contributed by atoms with E-state index in [-0.39, 0.29) is 11.8 Å². The average Bonchev–Trinajstić information content (AvgIpc) is 3.30. The van der Waals surface area contributed by atoms with Gasteiger partial charge in [-0.3, -0.25) is 9.47 Å². The number of hydrogen-bond donors (Lipinski definition) is 0. The van der Waals surface area contributed by atoms with Crippen LogP contribution in [0.15, 0.2) is 30.5 Å². The predicted octanol–water partition coefficient (Wildman–Crippen LogP) is 2.63. The Labute approximate surface area is 204 Å². The van der Waals surface area contributed by atoms with Gasteiger partial charge in [-0.1, -0.05) is 11.6 Å². The molecule has 12 heteroatoms. The van der Waals surface area contributed by atoms with Crippen LogP contribution in [0.2, 0.25) is 5.02 Å². The lowest BCUT2D eigenvalue weighted by Gasteiger charge is -2.60. The molecule has 5 heterocycles. The van der Waals surface area contributed by atoms with Crippen molar-refractivity contribution in [3.8, 4) is 11.8 Å². The molecule has 1 atom stereocenters. The van der Waals surface area contributed by atoms with Gasteiger partial charge in [0, 0.05) is 55.8 Å². The highest BCUT2D eigenvalue weighted by Crippen LogP contribution is 2.48. The summed E-state index contributed by atoms with van der Waals surface area (Å²) in [4.78, 5) is 14.6. The van der Waals surface area contributed by atoms with Crippen molar-refractivity contribution in [2.75, 3.05) is 36.0 Å². The highest BCUT2D eigenvalue weighted by molar-refractivity contribution is 6.30. The molecule has 1 aliphatic carbocycles. The fourth-order valence-corrected chi connectivity index (χ4v) is 5.80. The zero-order valence-corrected chi connectivity index (χ0v) is 19.3. The van der Waals surface area contributed by atoms with Crippen LogP contribution in [0.25, 0.3) is 5.69 Å². The number of fused-ring (bicyclic) bond motifs is 3. The maximum Gasteiger partial charge on any atom is 0.265 e. The molecular weight excluding hydrogens is 476 g/mol. The summed E-state index contributed by atoms with van der Waals surface area (Å²) in [5.41, 5.74) is 2.23. The SMILES string of the molecule is N#Cc1ccnc(N2CC3(C2)CN(c2nnc4n2-c2ccc(Cl)cc2CN(C2CC2(F)F)C4)C3)n1. The summed E-state index contributed by atoms with van der Waals surface area (Å²) in [6.45, 7) is 3.89. The minimum atomic E-state index is -2.66. The smallest absolute Gasteiger partial charge is 0.265 e. The van der Waals surface area contributed by atoms with E-state index in [9.17, 15) is 8.78 Å². The molecule has 7 rings (SSSR count). The van der Waals surface area contributed by atoms with Crippen LogP contribution in [-0.2, 0) is 13.1 Å². The van der Waals surface area contributed by atoms with Crippen LogP contribution >= 0.6 is 11.6 Å². The van der Waals surface area contributed by atoms with E-state index < -0.39 is 12.0 Å². The number of alkyl halides is 2. The Morgan fingerprint density at radius 1 is 1.06 bits per heavy atom. The fourth-order valence-electron chi connectivity index (χ4n) is 5.60. The van der Waals surface area contributed by atoms with Crippen molar-refractivity contribution in [2.45, 2.75) is 31.5 Å². The lowest BCUT2D eigenvalue weighted by atomic mass is 9.73. The molecule has 0 amide bonds. The first-order chi connectivity index (χ1) is 16.8. The Kier molecular flexibility index (Phi) is 4.24. The fraction of sp³-hybridized carbons (Fsp3) is 0.435. The summed E-state index contributed by atoms with van der Waals surface area (Å²) in [5.74, 6) is -0.707. The number of nitrogens with zero attached hydrogens (tertiary/aromatic N) is 9. The minimum absolute atomic E-state index is 0.105. The Bertz CT molecular complexity index is 1390. The van der Waals surface area contributed by atoms with Gasteiger partial charge in [-0.15, -0.1) is 10.2 Å². The van der Waals surface area contributed by atoms with Crippen molar-refractivity contribution in [3.63, 3.8) is 0 Å². The van der Waals surface area contributed by atoms with Crippen LogP contribution < -0.4 is 9.80 Å². The third-order valence-electron chi connectivity index (χ3n) is 7.38. The quantitative estimate of drug-likeness (QED) is 0.548. The molecule has 2 saturated heterocycles. The van der Waals surface area contributed by atoms with E-state index in [2.05, 4.69) is 36.0 Å². The number of benzene rings is 1. The van der Waals surface area contributed by atoms with Crippen molar-refractivity contribution in [1.82, 2.24) is 29.6 Å². The summed E-state index contributed by atoms with van der Waals surface area (Å²) in [6, 6.07) is 8.44. The van der Waals surface area contributed by atoms with Crippen molar-refractivity contribution < 1.29 is 8.78 Å². The molecule has 1 aromatic carbocycles. The molecule has 3 aliphatic heterocycles. The van der Waals surface area contributed by atoms with Gasteiger partial charge in [0.25, 0.3) is 5.92 Å². The molecule has 1 spiro atoms. The third-order valence-corrected chi connectivity index (χ3v) is 7.61. The Morgan fingerprint density at radius 3 is 2.57 bits per heavy atom. The van der Waals surface area contributed by atoms with Gasteiger partial charge in [0.05, 0.1) is 18.3 Å². The predicted molar refractivity (Wildman–Crippen MR) is 123 cm³/mol. The van der Waals surface area contributed by atoms with Crippen LogP contribution in [0.3, 0.4) is 0 Å². The van der Waals surface area contributed by atoms with Gasteiger partial charge in [-0.2, -0.15) is 5.26 Å². The van der Waals surface area contributed by atoms with Crippen molar-refractivity contribution in [3.05, 3.63) is 52.6 Å². The number of anilines is 2. The number of rotatable bonds is 3. The van der Waals surface area contributed by atoms with Gasteiger partial charge in [0.1, 0.15) is 11.8 Å². The van der Waals surface area contributed by atoms with Crippen LogP contribution in [0.5, 0.6) is 0 Å². The molecule has 3 aromatic rings. The van der Waals surface area contributed by atoms with Crippen LogP contribution in [0.4, 0.5) is 20.7 Å². The summed E-state index contributed by atoms with van der Waals surface area (Å²) < 4.78 is 29.8. The minimum Gasteiger partial charge on any atom is -0.339 e. The molecule has 178 valence electrons. The molecule has 35 heavy (non-hydrogen) atoms. The number of aromatic nitrogens is 5. The van der Waals surface area contributed by atoms with E-state index in [1.165, 1.54) is 0 Å². The van der Waals surface area contributed by atoms with Crippen LogP contribution in [0.1, 0.15) is 23.5 Å². The van der Waals surface area contributed by atoms with Crippen molar-refractivity contribution >= 4 is 23.5 Å². The van der Waals surface area contributed by atoms with E-state index in [4.69, 9.17) is 16.9 Å². The standard InChI is InChI=1S/C23H20ClF2N9/c24-15-1-2-17-14(5-15)8-32(18-6-23(18,25)26)9-19-30-31-21(35(17)19)34-12-22(13-34)10-33(11-22)20-28-4-3-16(7-27)29-20/h1-5,18H,6,8-13H2. The lowest BCUT2D eigenvalue weighted by molar-refractivity contribution is 0.0663. The maximum absolute atomic E-state index is 13.9. The summed E-state index contributed by atoms with van der Waals surface area (Å²) in [7, 11) is 0. The first kappa shape index (κ1) is 21.0. The topological polar surface area (TPSA) is 90.0 Å². The molecule has 4 aliphatic rings. The molecule has 1 saturated carbocycles. The molecule has 9 nitrogen and oxygen atoms in total. The Hall–Kier alpha value is -3.36. The van der Waals surface area contributed by atoms with Gasteiger partial charge in [-0.25, -0.2) is 18.7 Å². The summed E-state index contributed by atoms with van der Waals surface area (Å²) in [5, 5.41) is 18.5. The molecule has 3 fully saturated rings. The average molecular weight is 496 g/mol.